The number of halogens is 1. The number of esters is 1. The Balaban J connectivity index is 2.23. The van der Waals surface area contributed by atoms with E-state index in [1.807, 2.05) is 18.2 Å². The molecule has 3 amide bonds. The topological polar surface area (TPSA) is 79.0 Å². The molecule has 1 aliphatic rings. The van der Waals surface area contributed by atoms with Crippen LogP contribution in [0.5, 0.6) is 0 Å². The van der Waals surface area contributed by atoms with Gasteiger partial charge in [0.15, 0.2) is 0 Å². The van der Waals surface area contributed by atoms with Gasteiger partial charge in [0.1, 0.15) is 12.2 Å². The van der Waals surface area contributed by atoms with Crippen LogP contribution in [0.25, 0.3) is 6.08 Å². The Bertz CT molecular complexity index is 729. The number of nitrogens with one attached hydrogen (secondary N) is 1. The summed E-state index contributed by atoms with van der Waals surface area (Å²) in [6.45, 7) is 5.51. The van der Waals surface area contributed by atoms with Gasteiger partial charge in [-0.1, -0.05) is 6.07 Å². The van der Waals surface area contributed by atoms with Crippen LogP contribution in [0, 0.1) is 0 Å². The molecule has 0 radical (unpaired) electrons. The predicted molar refractivity (Wildman–Crippen MR) is 97.9 cm³/mol. The van der Waals surface area contributed by atoms with Crippen molar-refractivity contribution in [3.05, 3.63) is 33.9 Å². The lowest BCUT2D eigenvalue weighted by molar-refractivity contribution is -0.143. The molecule has 1 heterocycles. The molecular formula is C17H20BrN3O4. The monoisotopic (exact) mass is 409 g/mol. The van der Waals surface area contributed by atoms with Gasteiger partial charge in [-0.05, 0) is 53.5 Å². The zero-order valence-corrected chi connectivity index (χ0v) is 15.9. The van der Waals surface area contributed by atoms with Gasteiger partial charge >= 0.3 is 12.0 Å². The van der Waals surface area contributed by atoms with E-state index < -0.39 is 24.5 Å². The largest absolute Gasteiger partial charge is 0.468 e. The zero-order valence-electron chi connectivity index (χ0n) is 14.3. The summed E-state index contributed by atoms with van der Waals surface area (Å²) in [5.74, 6) is -1.21. The Labute approximate surface area is 154 Å². The van der Waals surface area contributed by atoms with Gasteiger partial charge < -0.3 is 15.0 Å². The van der Waals surface area contributed by atoms with Crippen LogP contribution in [-0.4, -0.2) is 49.6 Å². The molecule has 1 fully saturated rings. The van der Waals surface area contributed by atoms with Gasteiger partial charge in [0.2, 0.25) is 0 Å². The maximum Gasteiger partial charge on any atom is 0.329 e. The summed E-state index contributed by atoms with van der Waals surface area (Å²) in [4.78, 5) is 38.4. The van der Waals surface area contributed by atoms with Crippen LogP contribution in [0.3, 0.4) is 0 Å². The third-order valence-corrected chi connectivity index (χ3v) is 4.50. The van der Waals surface area contributed by atoms with Crippen LogP contribution in [0.4, 0.5) is 10.5 Å². The molecule has 25 heavy (non-hydrogen) atoms. The molecule has 0 spiro atoms. The number of carbonyl (C=O) groups is 3. The van der Waals surface area contributed by atoms with Crippen molar-refractivity contribution in [1.29, 1.82) is 0 Å². The fraction of sp³-hybridized carbons (Fsp3) is 0.353. The highest BCUT2D eigenvalue weighted by Crippen LogP contribution is 2.28. The summed E-state index contributed by atoms with van der Waals surface area (Å²) < 4.78 is 5.39. The highest BCUT2D eigenvalue weighted by Gasteiger charge is 2.35. The van der Waals surface area contributed by atoms with E-state index in [0.717, 1.165) is 33.7 Å². The zero-order chi connectivity index (χ0) is 18.6. The number of carbonyl (C=O) groups excluding carboxylic acids is 3. The number of ether oxygens (including phenoxy) is 1. The summed E-state index contributed by atoms with van der Waals surface area (Å²) in [7, 11) is 1.20. The molecule has 0 saturated carbocycles. The van der Waals surface area contributed by atoms with Crippen molar-refractivity contribution in [3.8, 4) is 0 Å². The Morgan fingerprint density at radius 1 is 1.32 bits per heavy atom. The van der Waals surface area contributed by atoms with E-state index in [0.29, 0.717) is 0 Å². The number of anilines is 1. The lowest BCUT2D eigenvalue weighted by Gasteiger charge is -2.22. The Morgan fingerprint density at radius 2 is 2.00 bits per heavy atom. The molecule has 0 atom stereocenters. The molecule has 1 aliphatic heterocycles. The molecule has 0 aromatic heterocycles. The minimum atomic E-state index is -0.656. The minimum absolute atomic E-state index is 0.122. The highest BCUT2D eigenvalue weighted by molar-refractivity contribution is 9.10. The van der Waals surface area contributed by atoms with Crippen LogP contribution in [-0.2, 0) is 14.3 Å². The third kappa shape index (κ3) is 4.19. The van der Waals surface area contributed by atoms with E-state index in [4.69, 9.17) is 0 Å². The SMILES string of the molecule is CCN(CC)c1ccc(/C=C2/NC(=O)N(CC(=O)OC)C2=O)cc1Br. The fourth-order valence-corrected chi connectivity index (χ4v) is 3.16. The number of benzene rings is 1. The molecule has 0 aliphatic carbocycles. The normalized spacial score (nSPS) is 15.5. The molecule has 8 heteroatoms. The number of methoxy groups -OCH3 is 1. The predicted octanol–water partition coefficient (Wildman–Crippen LogP) is 2.36. The first-order valence-electron chi connectivity index (χ1n) is 7.87. The van der Waals surface area contributed by atoms with Crippen LogP contribution in [0.2, 0.25) is 0 Å². The third-order valence-electron chi connectivity index (χ3n) is 3.86. The number of rotatable bonds is 6. The number of hydrogen-bond donors (Lipinski definition) is 1. The van der Waals surface area contributed by atoms with E-state index >= 15 is 0 Å². The molecule has 1 saturated heterocycles. The Kier molecular flexibility index (Phi) is 6.19. The van der Waals surface area contributed by atoms with Crippen LogP contribution in [0.15, 0.2) is 28.4 Å². The molecule has 1 aromatic carbocycles. The van der Waals surface area contributed by atoms with Crippen molar-refractivity contribution in [3.63, 3.8) is 0 Å². The van der Waals surface area contributed by atoms with Crippen molar-refractivity contribution in [2.24, 2.45) is 0 Å². The van der Waals surface area contributed by atoms with Crippen molar-refractivity contribution < 1.29 is 19.1 Å². The summed E-state index contributed by atoms with van der Waals surface area (Å²) in [6, 6.07) is 5.06. The van der Waals surface area contributed by atoms with Crippen LogP contribution >= 0.6 is 15.9 Å². The van der Waals surface area contributed by atoms with Gasteiger partial charge in [0.05, 0.1) is 12.8 Å². The maximum absolute atomic E-state index is 12.3. The standard InChI is InChI=1S/C17H20BrN3O4/c1-4-20(5-2)14-7-6-11(8-12(14)18)9-13-16(23)21(17(24)19-13)10-15(22)25-3/h6-9H,4-5,10H2,1-3H3,(H,19,24)/b13-9+. The molecule has 1 N–H and O–H groups in total. The van der Waals surface area contributed by atoms with Crippen molar-refractivity contribution in [2.45, 2.75) is 13.8 Å². The summed E-state index contributed by atoms with van der Waals surface area (Å²) in [6.07, 6.45) is 1.58. The first-order valence-corrected chi connectivity index (χ1v) is 8.66. The maximum atomic E-state index is 12.3. The van der Waals surface area contributed by atoms with Gasteiger partial charge in [-0.3, -0.25) is 9.59 Å². The molecule has 7 nitrogen and oxygen atoms in total. The van der Waals surface area contributed by atoms with Crippen molar-refractivity contribution in [1.82, 2.24) is 10.2 Å². The quantitative estimate of drug-likeness (QED) is 0.443. The number of nitrogens with zero attached hydrogens (tertiary/aromatic N) is 2. The Morgan fingerprint density at radius 3 is 2.56 bits per heavy atom. The Hall–Kier alpha value is -2.35. The van der Waals surface area contributed by atoms with Crippen molar-refractivity contribution >= 4 is 45.6 Å². The lowest BCUT2D eigenvalue weighted by atomic mass is 10.1. The van der Waals surface area contributed by atoms with E-state index in [2.05, 4.69) is 44.7 Å². The smallest absolute Gasteiger partial charge is 0.329 e. The first kappa shape index (κ1) is 19.0. The second-order valence-electron chi connectivity index (χ2n) is 5.34. The molecular weight excluding hydrogens is 390 g/mol. The van der Waals surface area contributed by atoms with E-state index in [1.165, 1.54) is 7.11 Å². The highest BCUT2D eigenvalue weighted by atomic mass is 79.9. The number of hydrogen-bond acceptors (Lipinski definition) is 5. The summed E-state index contributed by atoms with van der Waals surface area (Å²) in [5.41, 5.74) is 1.93. The van der Waals surface area contributed by atoms with Gasteiger partial charge in [0, 0.05) is 17.6 Å². The van der Waals surface area contributed by atoms with E-state index in [-0.39, 0.29) is 5.70 Å². The van der Waals surface area contributed by atoms with Gasteiger partial charge in [-0.15, -0.1) is 0 Å². The molecule has 0 unspecified atom stereocenters. The molecule has 1 aromatic rings. The number of amides is 3. The fourth-order valence-electron chi connectivity index (χ4n) is 2.51. The van der Waals surface area contributed by atoms with Crippen molar-refractivity contribution in [2.75, 3.05) is 31.6 Å². The van der Waals surface area contributed by atoms with Crippen LogP contribution in [0.1, 0.15) is 19.4 Å². The second-order valence-corrected chi connectivity index (χ2v) is 6.19. The van der Waals surface area contributed by atoms with Crippen LogP contribution < -0.4 is 10.2 Å². The molecule has 0 bridgehead atoms. The minimum Gasteiger partial charge on any atom is -0.468 e. The van der Waals surface area contributed by atoms with Gasteiger partial charge in [0.25, 0.3) is 5.91 Å². The second kappa shape index (κ2) is 8.15. The van der Waals surface area contributed by atoms with Gasteiger partial charge in [-0.25, -0.2) is 9.69 Å². The molecule has 2 rings (SSSR count). The summed E-state index contributed by atoms with van der Waals surface area (Å²) in [5, 5.41) is 2.48. The van der Waals surface area contributed by atoms with E-state index in [1.54, 1.807) is 6.08 Å². The van der Waals surface area contributed by atoms with Gasteiger partial charge in [-0.2, -0.15) is 0 Å². The average molecular weight is 410 g/mol. The number of urea groups is 1. The first-order chi connectivity index (χ1) is 11.9. The summed E-state index contributed by atoms with van der Waals surface area (Å²) >= 11 is 3.54. The number of imide groups is 1. The van der Waals surface area contributed by atoms with E-state index in [9.17, 15) is 14.4 Å². The molecule has 134 valence electrons. The average Bonchev–Trinajstić information content (AvgIpc) is 2.85. The lowest BCUT2D eigenvalue weighted by Crippen LogP contribution is -2.36.